The molecule has 1 aromatic carbocycles. The molecule has 0 saturated heterocycles. The number of rotatable bonds is 1. The minimum atomic E-state index is 0.981. The molecule has 18 heavy (non-hydrogen) atoms. The minimum absolute atomic E-state index is 0.981. The first-order valence-electron chi connectivity index (χ1n) is 5.58. The number of hydrogen-bond donors (Lipinski definition) is 0. The van der Waals surface area contributed by atoms with E-state index in [0.717, 1.165) is 11.0 Å². The van der Waals surface area contributed by atoms with Crippen LogP contribution in [0.3, 0.4) is 0 Å². The molecule has 3 aromatic heterocycles. The van der Waals surface area contributed by atoms with Crippen molar-refractivity contribution in [1.82, 2.24) is 9.97 Å². The van der Waals surface area contributed by atoms with Gasteiger partial charge in [-0.3, -0.25) is 9.97 Å². The Morgan fingerprint density at radius 3 is 2.67 bits per heavy atom. The van der Waals surface area contributed by atoms with E-state index in [0.29, 0.717) is 0 Å². The summed E-state index contributed by atoms with van der Waals surface area (Å²) in [4.78, 5) is 11.3. The Hall–Kier alpha value is -1.78. The van der Waals surface area contributed by atoms with Gasteiger partial charge in [-0.2, -0.15) is 0 Å². The van der Waals surface area contributed by atoms with E-state index in [-0.39, 0.29) is 0 Å². The van der Waals surface area contributed by atoms with Crippen molar-refractivity contribution in [2.45, 2.75) is 0 Å². The van der Waals surface area contributed by atoms with Crippen LogP contribution in [0.5, 0.6) is 0 Å². The van der Waals surface area contributed by atoms with E-state index in [2.05, 4.69) is 45.0 Å². The Morgan fingerprint density at radius 1 is 0.833 bits per heavy atom. The maximum Gasteiger partial charge on any atom is 0.108 e. The molecule has 4 heteroatoms. The average molecular weight is 268 g/mol. The molecule has 0 aliphatic heterocycles. The molecule has 4 rings (SSSR count). The van der Waals surface area contributed by atoms with E-state index in [9.17, 15) is 0 Å². The van der Waals surface area contributed by atoms with Gasteiger partial charge in [0.2, 0.25) is 0 Å². The molecule has 0 amide bonds. The number of nitrogens with zero attached hydrogens (tertiary/aromatic N) is 2. The summed E-state index contributed by atoms with van der Waals surface area (Å²) in [6.45, 7) is 0. The molecule has 0 aliphatic rings. The standard InChI is InChI=1S/C14H8N2S2/c1-2-4-10-9(3-1)7-17-13(10)14-12-11(8-18-14)15-5-6-16-12/h1-8H. The number of fused-ring (bicyclic) bond motifs is 2. The molecule has 0 atom stereocenters. The Morgan fingerprint density at radius 2 is 1.67 bits per heavy atom. The molecule has 3 heterocycles. The molecular formula is C14H8N2S2. The van der Waals surface area contributed by atoms with Crippen LogP contribution >= 0.6 is 22.7 Å². The van der Waals surface area contributed by atoms with E-state index in [4.69, 9.17) is 0 Å². The van der Waals surface area contributed by atoms with E-state index in [1.165, 1.54) is 20.5 Å². The van der Waals surface area contributed by atoms with Gasteiger partial charge in [-0.25, -0.2) is 0 Å². The Bertz CT molecular complexity index is 773. The summed E-state index contributed by atoms with van der Waals surface area (Å²) in [7, 11) is 0. The summed E-state index contributed by atoms with van der Waals surface area (Å²) >= 11 is 3.50. The lowest BCUT2D eigenvalue weighted by molar-refractivity contribution is 1.31. The fourth-order valence-corrected chi connectivity index (χ4v) is 4.25. The Kier molecular flexibility index (Phi) is 2.18. The highest BCUT2D eigenvalue weighted by molar-refractivity contribution is 7.22. The molecule has 0 aliphatic carbocycles. The first-order chi connectivity index (χ1) is 8.93. The van der Waals surface area contributed by atoms with Crippen LogP contribution < -0.4 is 0 Å². The van der Waals surface area contributed by atoms with Gasteiger partial charge in [0, 0.05) is 23.2 Å². The second-order valence-corrected chi connectivity index (χ2v) is 5.77. The van der Waals surface area contributed by atoms with Crippen LogP contribution in [-0.4, -0.2) is 9.97 Å². The lowest BCUT2D eigenvalue weighted by Crippen LogP contribution is -1.78. The molecule has 4 aromatic rings. The van der Waals surface area contributed by atoms with Crippen molar-refractivity contribution in [3.8, 4) is 9.75 Å². The van der Waals surface area contributed by atoms with Crippen LogP contribution in [-0.2, 0) is 0 Å². The SMILES string of the molecule is c1ccc2c(-c3scc4nccnc34)scc2c1. The fourth-order valence-electron chi connectivity index (χ4n) is 2.11. The van der Waals surface area contributed by atoms with Gasteiger partial charge in [-0.1, -0.05) is 24.3 Å². The third kappa shape index (κ3) is 1.39. The second kappa shape index (κ2) is 3.86. The van der Waals surface area contributed by atoms with Crippen LogP contribution in [0.15, 0.2) is 47.4 Å². The monoisotopic (exact) mass is 268 g/mol. The summed E-state index contributed by atoms with van der Waals surface area (Å²) in [6, 6.07) is 8.48. The van der Waals surface area contributed by atoms with Crippen molar-refractivity contribution in [3.63, 3.8) is 0 Å². The molecule has 0 unspecified atom stereocenters. The summed E-state index contributed by atoms with van der Waals surface area (Å²) in [5.41, 5.74) is 1.99. The maximum absolute atomic E-state index is 4.46. The number of hydrogen-bond acceptors (Lipinski definition) is 4. The third-order valence-corrected chi connectivity index (χ3v) is 5.08. The van der Waals surface area contributed by atoms with Crippen LogP contribution in [0, 0.1) is 0 Å². The number of benzene rings is 1. The molecule has 0 N–H and O–H groups in total. The normalized spacial score (nSPS) is 11.3. The van der Waals surface area contributed by atoms with Crippen molar-refractivity contribution in [2.24, 2.45) is 0 Å². The van der Waals surface area contributed by atoms with Gasteiger partial charge in [0.1, 0.15) is 11.0 Å². The van der Waals surface area contributed by atoms with Crippen molar-refractivity contribution in [3.05, 3.63) is 47.4 Å². The van der Waals surface area contributed by atoms with Crippen LogP contribution in [0.25, 0.3) is 31.6 Å². The first kappa shape index (κ1) is 10.2. The first-order valence-corrected chi connectivity index (χ1v) is 7.34. The molecule has 0 saturated carbocycles. The summed E-state index contributed by atoms with van der Waals surface area (Å²) < 4.78 is 0. The molecule has 0 bridgehead atoms. The highest BCUT2D eigenvalue weighted by Crippen LogP contribution is 2.40. The maximum atomic E-state index is 4.46. The smallest absolute Gasteiger partial charge is 0.108 e. The van der Waals surface area contributed by atoms with Crippen molar-refractivity contribution >= 4 is 44.5 Å². The summed E-state index contributed by atoms with van der Waals surface area (Å²) in [5.74, 6) is 0. The van der Waals surface area contributed by atoms with E-state index < -0.39 is 0 Å². The second-order valence-electron chi connectivity index (χ2n) is 4.01. The van der Waals surface area contributed by atoms with Crippen LogP contribution in [0.2, 0.25) is 0 Å². The lowest BCUT2D eigenvalue weighted by atomic mass is 10.1. The molecule has 86 valence electrons. The quantitative estimate of drug-likeness (QED) is 0.505. The van der Waals surface area contributed by atoms with Gasteiger partial charge in [0.05, 0.1) is 9.75 Å². The zero-order chi connectivity index (χ0) is 11.9. The number of thiophene rings is 2. The Labute approximate surface area is 112 Å². The summed E-state index contributed by atoms with van der Waals surface area (Å²) in [5, 5.41) is 6.87. The fraction of sp³-hybridized carbons (Fsp3) is 0. The minimum Gasteiger partial charge on any atom is -0.252 e. The van der Waals surface area contributed by atoms with Gasteiger partial charge < -0.3 is 0 Å². The molecule has 0 spiro atoms. The Balaban J connectivity index is 2.08. The molecular weight excluding hydrogens is 260 g/mol. The van der Waals surface area contributed by atoms with Crippen molar-refractivity contribution in [1.29, 1.82) is 0 Å². The third-order valence-electron chi connectivity index (χ3n) is 2.95. The van der Waals surface area contributed by atoms with Crippen molar-refractivity contribution < 1.29 is 0 Å². The lowest BCUT2D eigenvalue weighted by Gasteiger charge is -1.96. The predicted molar refractivity (Wildman–Crippen MR) is 78.2 cm³/mol. The predicted octanol–water partition coefficient (Wildman–Crippen LogP) is 4.57. The van der Waals surface area contributed by atoms with Crippen LogP contribution in [0.1, 0.15) is 0 Å². The van der Waals surface area contributed by atoms with Crippen molar-refractivity contribution in [2.75, 3.05) is 0 Å². The average Bonchev–Trinajstić information content (AvgIpc) is 3.01. The molecule has 2 nitrogen and oxygen atoms in total. The van der Waals surface area contributed by atoms with E-state index in [1.807, 2.05) is 0 Å². The van der Waals surface area contributed by atoms with Gasteiger partial charge in [-0.05, 0) is 10.8 Å². The summed E-state index contributed by atoms with van der Waals surface area (Å²) in [6.07, 6.45) is 3.50. The van der Waals surface area contributed by atoms with Gasteiger partial charge in [0.25, 0.3) is 0 Å². The topological polar surface area (TPSA) is 25.8 Å². The molecule has 0 fully saturated rings. The number of aromatic nitrogens is 2. The molecule has 0 radical (unpaired) electrons. The zero-order valence-electron chi connectivity index (χ0n) is 9.33. The van der Waals surface area contributed by atoms with Gasteiger partial charge in [0.15, 0.2) is 0 Å². The zero-order valence-corrected chi connectivity index (χ0v) is 11.0. The highest BCUT2D eigenvalue weighted by atomic mass is 32.1. The van der Waals surface area contributed by atoms with Crippen LogP contribution in [0.4, 0.5) is 0 Å². The van der Waals surface area contributed by atoms with E-state index in [1.54, 1.807) is 35.1 Å². The highest BCUT2D eigenvalue weighted by Gasteiger charge is 2.12. The van der Waals surface area contributed by atoms with Gasteiger partial charge >= 0.3 is 0 Å². The van der Waals surface area contributed by atoms with E-state index >= 15 is 0 Å². The van der Waals surface area contributed by atoms with Gasteiger partial charge in [-0.15, -0.1) is 22.7 Å². The largest absolute Gasteiger partial charge is 0.252 e.